The molecule has 0 aromatic rings. The largest absolute Gasteiger partial charge is 0.367 e. The Hall–Kier alpha value is -0.980. The Morgan fingerprint density at radius 1 is 0.727 bits per heavy atom. The van der Waals surface area contributed by atoms with Gasteiger partial charge >= 0.3 is 0 Å². The van der Waals surface area contributed by atoms with Crippen molar-refractivity contribution < 1.29 is 0 Å². The third kappa shape index (κ3) is 9.12. The van der Waals surface area contributed by atoms with E-state index in [2.05, 4.69) is 79.9 Å². The number of hydrogen-bond donors (Lipinski definition) is 1. The van der Waals surface area contributed by atoms with Crippen LogP contribution in [-0.2, 0) is 0 Å². The van der Waals surface area contributed by atoms with E-state index in [-0.39, 0.29) is 0 Å². The lowest BCUT2D eigenvalue weighted by Crippen LogP contribution is -2.10. The Kier molecular flexibility index (Phi) is 13.3. The van der Waals surface area contributed by atoms with Gasteiger partial charge in [0.25, 0.3) is 0 Å². The van der Waals surface area contributed by atoms with Gasteiger partial charge in [-0.1, -0.05) is 76.2 Å². The number of hydrogen-bond acceptors (Lipinski definition) is 1. The van der Waals surface area contributed by atoms with E-state index in [1.165, 1.54) is 16.7 Å². The first-order chi connectivity index (χ1) is 10.2. The van der Waals surface area contributed by atoms with E-state index in [1.54, 1.807) is 0 Å². The third-order valence-electron chi connectivity index (χ3n) is 3.04. The van der Waals surface area contributed by atoms with Crippen LogP contribution in [0.15, 0.2) is 35.2 Å². The third-order valence-corrected chi connectivity index (χ3v) is 3.04. The van der Waals surface area contributed by atoms with E-state index in [0.29, 0.717) is 17.8 Å². The van der Waals surface area contributed by atoms with E-state index in [4.69, 9.17) is 0 Å². The van der Waals surface area contributed by atoms with Crippen molar-refractivity contribution in [3.63, 3.8) is 0 Å². The molecule has 0 atom stereocenters. The number of rotatable bonds is 3. The Balaban J connectivity index is 0. The maximum atomic E-state index is 3.26. The van der Waals surface area contributed by atoms with Gasteiger partial charge in [0.15, 0.2) is 0 Å². The summed E-state index contributed by atoms with van der Waals surface area (Å²) in [4.78, 5) is 0. The minimum atomic E-state index is 0.568. The van der Waals surface area contributed by atoms with E-state index in [1.807, 2.05) is 20.0 Å². The summed E-state index contributed by atoms with van der Waals surface area (Å²) in [6, 6.07) is 0. The predicted molar refractivity (Wildman–Crippen MR) is 104 cm³/mol. The van der Waals surface area contributed by atoms with E-state index >= 15 is 0 Å². The van der Waals surface area contributed by atoms with Crippen LogP contribution in [0.3, 0.4) is 0 Å². The fraction of sp³-hybridized carbons (Fsp3) is 0.714. The van der Waals surface area contributed by atoms with E-state index in [9.17, 15) is 0 Å². The average Bonchev–Trinajstić information content (AvgIpc) is 2.62. The van der Waals surface area contributed by atoms with Crippen molar-refractivity contribution in [1.29, 1.82) is 0 Å². The molecule has 0 bridgehead atoms. The monoisotopic (exact) mass is 307 g/mol. The summed E-state index contributed by atoms with van der Waals surface area (Å²) < 4.78 is 0. The molecule has 1 aliphatic rings. The molecule has 0 aromatic carbocycles. The zero-order valence-corrected chi connectivity index (χ0v) is 17.0. The molecule has 1 rings (SSSR count). The predicted octanol–water partition coefficient (Wildman–Crippen LogP) is 6.94. The molecule has 1 heteroatoms. The molecule has 0 radical (unpaired) electrons. The second-order valence-electron chi connectivity index (χ2n) is 7.16. The lowest BCUT2D eigenvalue weighted by molar-refractivity contribution is 0.668. The molecule has 0 saturated carbocycles. The lowest BCUT2D eigenvalue weighted by atomic mass is 9.82. The highest BCUT2D eigenvalue weighted by molar-refractivity contribution is 5.44. The molecule has 1 nitrogen and oxygen atoms in total. The number of allylic oxidation sites excluding steroid dienone is 4. The van der Waals surface area contributed by atoms with Gasteiger partial charge in [0, 0.05) is 12.4 Å². The smallest absolute Gasteiger partial charge is 0.00423 e. The summed E-state index contributed by atoms with van der Waals surface area (Å²) in [5.74, 6) is 2.56. The zero-order valence-electron chi connectivity index (χ0n) is 17.0. The standard InChI is InChI=1S/C15H25N.C4H10.C2H6/c1-10(2)13-7-8-16-9-14(11(3)4)15(13)12(5)6;1-4(2)3;1-2/h7-12,16H,1-6H3;4H,1-3H3;1-2H3. The van der Waals surface area contributed by atoms with E-state index < -0.39 is 0 Å². The number of nitrogens with one attached hydrogen (secondary N) is 1. The first-order valence-corrected chi connectivity index (χ1v) is 9.05. The van der Waals surface area contributed by atoms with E-state index in [0.717, 1.165) is 5.92 Å². The van der Waals surface area contributed by atoms with Gasteiger partial charge in [-0.2, -0.15) is 0 Å². The van der Waals surface area contributed by atoms with Crippen molar-refractivity contribution in [3.05, 3.63) is 35.2 Å². The molecule has 1 aliphatic heterocycles. The molecular weight excluding hydrogens is 266 g/mol. The van der Waals surface area contributed by atoms with Crippen LogP contribution in [-0.4, -0.2) is 0 Å². The first kappa shape index (κ1) is 23.3. The van der Waals surface area contributed by atoms with Crippen LogP contribution < -0.4 is 5.32 Å². The van der Waals surface area contributed by atoms with Crippen molar-refractivity contribution in [3.8, 4) is 0 Å². The molecule has 0 aliphatic carbocycles. The molecule has 1 N–H and O–H groups in total. The first-order valence-electron chi connectivity index (χ1n) is 9.05. The Labute approximate surface area is 141 Å². The zero-order chi connectivity index (χ0) is 17.9. The lowest BCUT2D eigenvalue weighted by Gasteiger charge is -2.23. The quantitative estimate of drug-likeness (QED) is 0.595. The summed E-state index contributed by atoms with van der Waals surface area (Å²) in [5.41, 5.74) is 4.44. The van der Waals surface area contributed by atoms with Gasteiger partial charge in [0.1, 0.15) is 0 Å². The molecule has 0 spiro atoms. The highest BCUT2D eigenvalue weighted by atomic mass is 14.8. The topological polar surface area (TPSA) is 12.0 Å². The summed E-state index contributed by atoms with van der Waals surface area (Å²) in [7, 11) is 0. The fourth-order valence-electron chi connectivity index (χ4n) is 2.26. The maximum Gasteiger partial charge on any atom is 0.00423 e. The van der Waals surface area contributed by atoms with Crippen molar-refractivity contribution >= 4 is 0 Å². The van der Waals surface area contributed by atoms with Crippen molar-refractivity contribution in [1.82, 2.24) is 5.32 Å². The highest BCUT2D eigenvalue weighted by Crippen LogP contribution is 2.33. The molecule has 1 heterocycles. The Morgan fingerprint density at radius 2 is 1.18 bits per heavy atom. The van der Waals surface area contributed by atoms with Crippen LogP contribution in [0.2, 0.25) is 0 Å². The molecule has 0 fully saturated rings. The molecular formula is C21H41N. The van der Waals surface area contributed by atoms with Crippen molar-refractivity contribution in [2.24, 2.45) is 23.7 Å². The highest BCUT2D eigenvalue weighted by Gasteiger charge is 2.19. The summed E-state index contributed by atoms with van der Waals surface area (Å²) in [5, 5.41) is 3.26. The van der Waals surface area contributed by atoms with Crippen LogP contribution in [0.1, 0.15) is 76.2 Å². The Bertz CT molecular complexity index is 363. The van der Waals surface area contributed by atoms with Gasteiger partial charge in [-0.25, -0.2) is 0 Å². The molecule has 22 heavy (non-hydrogen) atoms. The van der Waals surface area contributed by atoms with Gasteiger partial charge in [0.05, 0.1) is 0 Å². The molecule has 130 valence electrons. The van der Waals surface area contributed by atoms with Gasteiger partial charge in [-0.15, -0.1) is 0 Å². The van der Waals surface area contributed by atoms with Crippen LogP contribution >= 0.6 is 0 Å². The summed E-state index contributed by atoms with van der Waals surface area (Å²) in [6.45, 7) is 24.1. The molecule has 0 saturated heterocycles. The molecule has 0 aromatic heterocycles. The second-order valence-corrected chi connectivity index (χ2v) is 7.16. The molecule has 0 amide bonds. The van der Waals surface area contributed by atoms with Crippen LogP contribution in [0.5, 0.6) is 0 Å². The van der Waals surface area contributed by atoms with Crippen LogP contribution in [0, 0.1) is 23.7 Å². The van der Waals surface area contributed by atoms with Crippen molar-refractivity contribution in [2.75, 3.05) is 0 Å². The maximum absolute atomic E-state index is 3.26. The van der Waals surface area contributed by atoms with Crippen LogP contribution in [0.25, 0.3) is 0 Å². The summed E-state index contributed by atoms with van der Waals surface area (Å²) in [6.07, 6.45) is 6.44. The fourth-order valence-corrected chi connectivity index (χ4v) is 2.26. The van der Waals surface area contributed by atoms with Gasteiger partial charge in [0.2, 0.25) is 0 Å². The average molecular weight is 308 g/mol. The Morgan fingerprint density at radius 3 is 1.50 bits per heavy atom. The van der Waals surface area contributed by atoms with Crippen LogP contribution in [0.4, 0.5) is 0 Å². The normalized spacial score (nSPS) is 14.2. The van der Waals surface area contributed by atoms with Gasteiger partial charge < -0.3 is 5.32 Å². The minimum Gasteiger partial charge on any atom is -0.367 e. The summed E-state index contributed by atoms with van der Waals surface area (Å²) >= 11 is 0. The van der Waals surface area contributed by atoms with Crippen molar-refractivity contribution in [2.45, 2.75) is 76.2 Å². The molecule has 0 unspecified atom stereocenters. The van der Waals surface area contributed by atoms with Gasteiger partial charge in [-0.05, 0) is 46.5 Å². The SMILES string of the molecule is CC.CC(C)C.CC(C)C1=CNC=CC(C(C)C)=C1C(C)C. The van der Waals surface area contributed by atoms with Gasteiger partial charge in [-0.3, -0.25) is 0 Å². The second kappa shape index (κ2) is 12.6. The minimum absolute atomic E-state index is 0.568.